The molecule has 0 spiro atoms. The highest BCUT2D eigenvalue weighted by Gasteiger charge is 2.17. The predicted molar refractivity (Wildman–Crippen MR) is 112 cm³/mol. The van der Waals surface area contributed by atoms with Gasteiger partial charge >= 0.3 is 0 Å². The van der Waals surface area contributed by atoms with Crippen molar-refractivity contribution in [2.45, 2.75) is 25.8 Å². The molecule has 0 aliphatic carbocycles. The van der Waals surface area contributed by atoms with Crippen molar-refractivity contribution in [2.24, 2.45) is 5.92 Å². The zero-order chi connectivity index (χ0) is 20.2. The number of hydrogen-bond acceptors (Lipinski definition) is 4. The van der Waals surface area contributed by atoms with Crippen LogP contribution in [-0.2, 0) is 17.7 Å². The van der Waals surface area contributed by atoms with Gasteiger partial charge in [0.2, 0.25) is 5.43 Å². The number of carbonyl (C=O) groups is 1. The van der Waals surface area contributed by atoms with Gasteiger partial charge in [-0.1, -0.05) is 23.7 Å². The van der Waals surface area contributed by atoms with Crippen molar-refractivity contribution in [2.75, 3.05) is 13.2 Å². The largest absolute Gasteiger partial charge is 0.381 e. The Hall–Kier alpha value is -2.70. The highest BCUT2D eigenvalue weighted by Crippen LogP contribution is 2.20. The number of H-pyrrole nitrogens is 1. The number of aromatic amines is 1. The molecule has 1 amide bonds. The van der Waals surface area contributed by atoms with E-state index in [1.807, 2.05) is 24.3 Å². The number of amides is 1. The van der Waals surface area contributed by atoms with Crippen LogP contribution in [0.4, 0.5) is 0 Å². The number of pyridine rings is 2. The molecule has 2 aromatic heterocycles. The molecule has 3 aromatic rings. The highest BCUT2D eigenvalue weighted by molar-refractivity contribution is 6.30. The fraction of sp³-hybridized carbons (Fsp3) is 0.318. The van der Waals surface area contributed by atoms with E-state index in [9.17, 15) is 9.59 Å². The van der Waals surface area contributed by atoms with E-state index in [4.69, 9.17) is 16.3 Å². The smallest absolute Gasteiger partial charge is 0.257 e. The van der Waals surface area contributed by atoms with Gasteiger partial charge in [-0.05, 0) is 55.0 Å². The van der Waals surface area contributed by atoms with Crippen molar-refractivity contribution in [3.63, 3.8) is 0 Å². The minimum atomic E-state index is -0.431. The van der Waals surface area contributed by atoms with Crippen molar-refractivity contribution in [3.05, 3.63) is 74.7 Å². The summed E-state index contributed by atoms with van der Waals surface area (Å²) in [6.45, 7) is 1.86. The summed E-state index contributed by atoms with van der Waals surface area (Å²) in [5, 5.41) is 3.41. The fourth-order valence-electron chi connectivity index (χ4n) is 3.54. The number of ether oxygens (including phenoxy) is 1. The number of benzene rings is 1. The number of aromatic nitrogens is 2. The molecular weight excluding hydrogens is 390 g/mol. The molecule has 1 aliphatic rings. The van der Waals surface area contributed by atoms with E-state index in [2.05, 4.69) is 15.3 Å². The number of fused-ring (bicyclic) bond motifs is 1. The lowest BCUT2D eigenvalue weighted by molar-refractivity contribution is 0.0663. The summed E-state index contributed by atoms with van der Waals surface area (Å²) in [6.07, 6.45) is 4.26. The van der Waals surface area contributed by atoms with Crippen molar-refractivity contribution in [1.82, 2.24) is 15.3 Å². The van der Waals surface area contributed by atoms with Crippen molar-refractivity contribution in [3.8, 4) is 0 Å². The number of nitrogens with one attached hydrogen (secondary N) is 2. The quantitative estimate of drug-likeness (QED) is 0.673. The Bertz CT molecular complexity index is 1070. The molecule has 0 saturated carbocycles. The van der Waals surface area contributed by atoms with E-state index in [0.717, 1.165) is 43.7 Å². The van der Waals surface area contributed by atoms with E-state index in [1.54, 1.807) is 12.1 Å². The van der Waals surface area contributed by atoms with E-state index < -0.39 is 5.91 Å². The van der Waals surface area contributed by atoms with Gasteiger partial charge in [-0.25, -0.2) is 4.98 Å². The fourth-order valence-corrected chi connectivity index (χ4v) is 3.67. The minimum Gasteiger partial charge on any atom is -0.381 e. The summed E-state index contributed by atoms with van der Waals surface area (Å²) >= 11 is 5.87. The zero-order valence-corrected chi connectivity index (χ0v) is 16.7. The number of halogens is 1. The maximum absolute atomic E-state index is 12.9. The van der Waals surface area contributed by atoms with Crippen LogP contribution in [0, 0.1) is 5.92 Å². The minimum absolute atomic E-state index is 0.0576. The molecule has 1 saturated heterocycles. The van der Waals surface area contributed by atoms with E-state index in [-0.39, 0.29) is 11.0 Å². The Morgan fingerprint density at radius 2 is 1.93 bits per heavy atom. The second-order valence-corrected chi connectivity index (χ2v) is 7.74. The number of hydrogen-bond donors (Lipinski definition) is 2. The molecule has 1 aliphatic heterocycles. The van der Waals surface area contributed by atoms with Gasteiger partial charge in [0, 0.05) is 36.7 Å². The Morgan fingerprint density at radius 1 is 1.17 bits per heavy atom. The molecule has 1 aromatic carbocycles. The molecule has 4 rings (SSSR count). The summed E-state index contributed by atoms with van der Waals surface area (Å²) < 4.78 is 5.40. The van der Waals surface area contributed by atoms with Crippen LogP contribution in [0.5, 0.6) is 0 Å². The summed E-state index contributed by atoms with van der Waals surface area (Å²) in [5.41, 5.74) is 2.39. The van der Waals surface area contributed by atoms with Crippen LogP contribution in [-0.4, -0.2) is 29.1 Å². The molecular formula is C22H22ClN3O3. The predicted octanol–water partition coefficient (Wildman–Crippen LogP) is 3.48. The van der Waals surface area contributed by atoms with Crippen molar-refractivity contribution < 1.29 is 9.53 Å². The summed E-state index contributed by atoms with van der Waals surface area (Å²) in [5.74, 6) is 0.0818. The Balaban J connectivity index is 1.52. The molecule has 2 N–H and O–H groups in total. The van der Waals surface area contributed by atoms with Crippen LogP contribution in [0.3, 0.4) is 0 Å². The SMILES string of the molecule is O=C(NCc1ccc(Cl)cc1)c1c[nH]c2ccc(CC3CCOCC3)nc2c1=O. The molecule has 0 unspecified atom stereocenters. The monoisotopic (exact) mass is 411 g/mol. The molecule has 29 heavy (non-hydrogen) atoms. The lowest BCUT2D eigenvalue weighted by Crippen LogP contribution is -2.29. The van der Waals surface area contributed by atoms with Gasteiger partial charge in [-0.3, -0.25) is 9.59 Å². The maximum atomic E-state index is 12.9. The third kappa shape index (κ3) is 4.66. The van der Waals surface area contributed by atoms with Gasteiger partial charge in [-0.15, -0.1) is 0 Å². The summed E-state index contributed by atoms with van der Waals surface area (Å²) in [6, 6.07) is 11.0. The van der Waals surface area contributed by atoms with E-state index in [0.29, 0.717) is 28.5 Å². The van der Waals surface area contributed by atoms with Gasteiger partial charge in [-0.2, -0.15) is 0 Å². The topological polar surface area (TPSA) is 84.1 Å². The van der Waals surface area contributed by atoms with Crippen LogP contribution >= 0.6 is 11.6 Å². The second-order valence-electron chi connectivity index (χ2n) is 7.30. The molecule has 3 heterocycles. The van der Waals surface area contributed by atoms with Gasteiger partial charge in [0.15, 0.2) is 0 Å². The van der Waals surface area contributed by atoms with Crippen molar-refractivity contribution >= 4 is 28.5 Å². The summed E-state index contributed by atoms with van der Waals surface area (Å²) in [4.78, 5) is 33.0. The van der Waals surface area contributed by atoms with Crippen LogP contribution in [0.2, 0.25) is 5.02 Å². The highest BCUT2D eigenvalue weighted by atomic mass is 35.5. The molecule has 0 bridgehead atoms. The Kier molecular flexibility index (Phi) is 5.92. The third-order valence-electron chi connectivity index (χ3n) is 5.23. The van der Waals surface area contributed by atoms with Gasteiger partial charge in [0.05, 0.1) is 5.52 Å². The third-order valence-corrected chi connectivity index (χ3v) is 5.49. The molecule has 7 heteroatoms. The van der Waals surface area contributed by atoms with Crippen LogP contribution < -0.4 is 10.7 Å². The lowest BCUT2D eigenvalue weighted by atomic mass is 9.94. The van der Waals surface area contributed by atoms with Crippen LogP contribution in [0.25, 0.3) is 11.0 Å². The molecule has 6 nitrogen and oxygen atoms in total. The average molecular weight is 412 g/mol. The molecule has 0 radical (unpaired) electrons. The van der Waals surface area contributed by atoms with E-state index >= 15 is 0 Å². The van der Waals surface area contributed by atoms with Gasteiger partial charge in [0.25, 0.3) is 5.91 Å². The first-order valence-corrected chi connectivity index (χ1v) is 10.1. The standard InChI is InChI=1S/C22H22ClN3O3/c23-16-3-1-15(2-4-16)12-25-22(28)18-13-24-19-6-5-17(26-20(19)21(18)27)11-14-7-9-29-10-8-14/h1-6,13-14H,7-12H2,(H,24,27)(H,25,28). The zero-order valence-electron chi connectivity index (χ0n) is 15.9. The number of carbonyl (C=O) groups excluding carboxylic acids is 1. The first kappa shape index (κ1) is 19.6. The molecule has 0 atom stereocenters. The second kappa shape index (κ2) is 8.76. The Labute approximate surface area is 173 Å². The maximum Gasteiger partial charge on any atom is 0.257 e. The van der Waals surface area contributed by atoms with Crippen LogP contribution in [0.15, 0.2) is 47.4 Å². The lowest BCUT2D eigenvalue weighted by Gasteiger charge is -2.21. The van der Waals surface area contributed by atoms with Crippen LogP contribution in [0.1, 0.15) is 34.5 Å². The normalized spacial score (nSPS) is 14.8. The molecule has 150 valence electrons. The number of nitrogens with zero attached hydrogens (tertiary/aromatic N) is 1. The molecule has 1 fully saturated rings. The van der Waals surface area contributed by atoms with E-state index in [1.165, 1.54) is 6.20 Å². The van der Waals surface area contributed by atoms with Gasteiger partial charge < -0.3 is 15.0 Å². The first-order valence-electron chi connectivity index (χ1n) is 9.72. The number of rotatable bonds is 5. The van der Waals surface area contributed by atoms with Crippen molar-refractivity contribution in [1.29, 1.82) is 0 Å². The first-order chi connectivity index (χ1) is 14.1. The Morgan fingerprint density at radius 3 is 2.69 bits per heavy atom. The summed E-state index contributed by atoms with van der Waals surface area (Å²) in [7, 11) is 0. The van der Waals surface area contributed by atoms with Gasteiger partial charge in [0.1, 0.15) is 11.1 Å². The average Bonchev–Trinajstić information content (AvgIpc) is 2.74.